The first-order valence-corrected chi connectivity index (χ1v) is 15.1. The van der Waals surface area contributed by atoms with Crippen molar-refractivity contribution in [1.82, 2.24) is 5.32 Å². The third-order valence-corrected chi connectivity index (χ3v) is 11.8. The van der Waals surface area contributed by atoms with Gasteiger partial charge in [-0.05, 0) is 98.7 Å². The zero-order chi connectivity index (χ0) is 24.9. The van der Waals surface area contributed by atoms with Crippen LogP contribution >= 0.6 is 0 Å². The summed E-state index contributed by atoms with van der Waals surface area (Å²) in [7, 11) is -4.06. The molecule has 0 spiro atoms. The standard InChI is InChI=1S/C26H45NO6S/c1-17(6-11-23(28)27-15-16-34(31,32)33)20-9-10-21-19-8-7-18-5-4-13-26(29,30)25(18,3)22(19)12-14-24(20,21)2/h17-22,29-30H,4-16H2,1-3H3,(H,27,28)(H,31,32,33)/t17-,18+,19+,20-,21+,22+,24-,25+/m1/s1. The number of aliphatic hydroxyl groups is 2. The van der Waals surface area contributed by atoms with Crippen LogP contribution in [-0.2, 0) is 14.9 Å². The summed E-state index contributed by atoms with van der Waals surface area (Å²) >= 11 is 0. The number of rotatable bonds is 7. The van der Waals surface area contributed by atoms with Crippen molar-refractivity contribution in [2.24, 2.45) is 46.3 Å². The monoisotopic (exact) mass is 499 g/mol. The highest BCUT2D eigenvalue weighted by atomic mass is 32.2. The fourth-order valence-electron chi connectivity index (χ4n) is 9.31. The van der Waals surface area contributed by atoms with E-state index in [1.54, 1.807) is 0 Å². The lowest BCUT2D eigenvalue weighted by atomic mass is 9.43. The molecule has 4 rings (SSSR count). The van der Waals surface area contributed by atoms with Crippen molar-refractivity contribution in [3.8, 4) is 0 Å². The molecule has 0 bridgehead atoms. The lowest BCUT2D eigenvalue weighted by Crippen LogP contribution is -2.63. The minimum atomic E-state index is -4.06. The quantitative estimate of drug-likeness (QED) is 0.312. The summed E-state index contributed by atoms with van der Waals surface area (Å²) in [5, 5.41) is 24.8. The van der Waals surface area contributed by atoms with E-state index in [0.717, 1.165) is 38.5 Å². The SMILES string of the molecule is C[C@H](CCC(=O)NCCS(=O)(=O)O)[C@H]1CC[C@H]2[C@@H]3CC[C@@H]4CCCC(O)(O)[C@]4(C)[C@H]3CC[C@]12C. The minimum Gasteiger partial charge on any atom is -0.365 e. The first-order chi connectivity index (χ1) is 15.8. The Labute approximate surface area is 205 Å². The van der Waals surface area contributed by atoms with Crippen LogP contribution in [0, 0.1) is 46.3 Å². The summed E-state index contributed by atoms with van der Waals surface area (Å²) in [6, 6.07) is 0. The van der Waals surface area contributed by atoms with E-state index >= 15 is 0 Å². The van der Waals surface area contributed by atoms with Crippen molar-refractivity contribution in [1.29, 1.82) is 0 Å². The summed E-state index contributed by atoms with van der Waals surface area (Å²) in [6.45, 7) is 6.82. The molecule has 0 unspecified atom stereocenters. The van der Waals surface area contributed by atoms with Gasteiger partial charge in [-0.1, -0.05) is 20.8 Å². The second kappa shape index (κ2) is 9.31. The Morgan fingerprint density at radius 2 is 1.76 bits per heavy atom. The van der Waals surface area contributed by atoms with Gasteiger partial charge in [0.25, 0.3) is 10.1 Å². The lowest BCUT2D eigenvalue weighted by Gasteiger charge is -2.63. The molecule has 4 fully saturated rings. The molecule has 4 saturated carbocycles. The van der Waals surface area contributed by atoms with E-state index in [2.05, 4.69) is 26.1 Å². The number of fused-ring (bicyclic) bond motifs is 5. The smallest absolute Gasteiger partial charge is 0.266 e. The molecule has 1 amide bonds. The fourth-order valence-corrected chi connectivity index (χ4v) is 9.67. The Bertz CT molecular complexity index is 875. The highest BCUT2D eigenvalue weighted by molar-refractivity contribution is 7.85. The van der Waals surface area contributed by atoms with E-state index in [1.807, 2.05) is 0 Å². The maximum Gasteiger partial charge on any atom is 0.266 e. The normalized spacial score (nSPS) is 42.2. The van der Waals surface area contributed by atoms with E-state index < -0.39 is 27.1 Å². The summed E-state index contributed by atoms with van der Waals surface area (Å²) in [6.07, 6.45) is 10.5. The van der Waals surface area contributed by atoms with Crippen molar-refractivity contribution in [3.05, 3.63) is 0 Å². The Morgan fingerprint density at radius 3 is 2.47 bits per heavy atom. The van der Waals surface area contributed by atoms with Crippen LogP contribution in [0.2, 0.25) is 0 Å². The van der Waals surface area contributed by atoms with E-state index in [4.69, 9.17) is 4.55 Å². The van der Waals surface area contributed by atoms with E-state index in [0.29, 0.717) is 48.3 Å². The van der Waals surface area contributed by atoms with Crippen molar-refractivity contribution in [2.45, 2.75) is 97.2 Å². The van der Waals surface area contributed by atoms with Gasteiger partial charge in [-0.3, -0.25) is 9.35 Å². The third kappa shape index (κ3) is 4.57. The molecule has 0 heterocycles. The number of hydrogen-bond donors (Lipinski definition) is 4. The van der Waals surface area contributed by atoms with Gasteiger partial charge in [0, 0.05) is 24.8 Å². The van der Waals surface area contributed by atoms with Gasteiger partial charge < -0.3 is 15.5 Å². The Hall–Kier alpha value is -0.700. The van der Waals surface area contributed by atoms with Crippen LogP contribution < -0.4 is 5.32 Å². The number of hydrogen-bond acceptors (Lipinski definition) is 5. The Morgan fingerprint density at radius 1 is 1.03 bits per heavy atom. The second-order valence-corrected chi connectivity index (χ2v) is 14.1. The van der Waals surface area contributed by atoms with E-state index in [-0.39, 0.29) is 17.9 Å². The van der Waals surface area contributed by atoms with Crippen LogP contribution in [-0.4, -0.2) is 47.2 Å². The lowest BCUT2D eigenvalue weighted by molar-refractivity contribution is -0.313. The van der Waals surface area contributed by atoms with Crippen LogP contribution in [0.5, 0.6) is 0 Å². The Balaban J connectivity index is 1.39. The molecule has 8 atom stereocenters. The Kier molecular flexibility index (Phi) is 7.22. The van der Waals surface area contributed by atoms with Gasteiger partial charge >= 0.3 is 0 Å². The molecule has 4 aliphatic carbocycles. The first-order valence-electron chi connectivity index (χ1n) is 13.5. The predicted octanol–water partition coefficient (Wildman–Crippen LogP) is 3.75. The number of carbonyl (C=O) groups excluding carboxylic acids is 1. The van der Waals surface area contributed by atoms with Crippen LogP contribution in [0.15, 0.2) is 0 Å². The van der Waals surface area contributed by atoms with Crippen LogP contribution in [0.25, 0.3) is 0 Å². The van der Waals surface area contributed by atoms with Crippen molar-refractivity contribution in [3.63, 3.8) is 0 Å². The molecule has 0 aromatic heterocycles. The average molecular weight is 500 g/mol. The van der Waals surface area contributed by atoms with Gasteiger partial charge in [0.05, 0.1) is 5.75 Å². The van der Waals surface area contributed by atoms with Crippen LogP contribution in [0.3, 0.4) is 0 Å². The second-order valence-electron chi connectivity index (χ2n) is 12.5. The first kappa shape index (κ1) is 26.4. The van der Waals surface area contributed by atoms with Gasteiger partial charge in [-0.15, -0.1) is 0 Å². The van der Waals surface area contributed by atoms with Crippen molar-refractivity contribution >= 4 is 16.0 Å². The summed E-state index contributed by atoms with van der Waals surface area (Å²) in [5.41, 5.74) is -0.174. The molecule has 7 nitrogen and oxygen atoms in total. The van der Waals surface area contributed by atoms with Gasteiger partial charge in [-0.25, -0.2) is 0 Å². The molecular weight excluding hydrogens is 454 g/mol. The maximum absolute atomic E-state index is 12.2. The zero-order valence-corrected chi connectivity index (χ0v) is 21.9. The van der Waals surface area contributed by atoms with E-state index in [9.17, 15) is 23.4 Å². The summed E-state index contributed by atoms with van der Waals surface area (Å²) in [5.74, 6) is 0.729. The van der Waals surface area contributed by atoms with Gasteiger partial charge in [0.2, 0.25) is 5.91 Å². The zero-order valence-electron chi connectivity index (χ0n) is 21.1. The molecule has 34 heavy (non-hydrogen) atoms. The number of carbonyl (C=O) groups is 1. The number of nitrogens with one attached hydrogen (secondary N) is 1. The molecule has 4 N–H and O–H groups in total. The van der Waals surface area contributed by atoms with Crippen molar-refractivity contribution in [2.75, 3.05) is 12.3 Å². The molecule has 196 valence electrons. The predicted molar refractivity (Wildman–Crippen MR) is 130 cm³/mol. The number of amides is 1. The summed E-state index contributed by atoms with van der Waals surface area (Å²) < 4.78 is 30.5. The van der Waals surface area contributed by atoms with Gasteiger partial charge in [0.15, 0.2) is 5.79 Å². The molecule has 0 radical (unpaired) electrons. The summed E-state index contributed by atoms with van der Waals surface area (Å²) in [4.78, 5) is 12.2. The maximum atomic E-state index is 12.2. The van der Waals surface area contributed by atoms with Crippen LogP contribution in [0.1, 0.15) is 91.4 Å². The molecule has 0 aromatic rings. The highest BCUT2D eigenvalue weighted by Gasteiger charge is 2.65. The largest absolute Gasteiger partial charge is 0.365 e. The minimum absolute atomic E-state index is 0.0602. The van der Waals surface area contributed by atoms with Crippen LogP contribution in [0.4, 0.5) is 0 Å². The molecule has 0 aromatic carbocycles. The third-order valence-electron chi connectivity index (χ3n) is 11.1. The van der Waals surface area contributed by atoms with Gasteiger partial charge in [0.1, 0.15) is 0 Å². The molecule has 8 heteroatoms. The molecular formula is C26H45NO6S. The molecule has 4 aliphatic rings. The van der Waals surface area contributed by atoms with E-state index in [1.165, 1.54) is 19.3 Å². The average Bonchev–Trinajstić information content (AvgIpc) is 3.09. The van der Waals surface area contributed by atoms with Gasteiger partial charge in [-0.2, -0.15) is 8.42 Å². The molecule has 0 aliphatic heterocycles. The molecule has 0 saturated heterocycles. The fraction of sp³-hybridized carbons (Fsp3) is 0.962. The highest BCUT2D eigenvalue weighted by Crippen LogP contribution is 2.69. The van der Waals surface area contributed by atoms with Crippen molar-refractivity contribution < 1.29 is 28.0 Å². The topological polar surface area (TPSA) is 124 Å².